The quantitative estimate of drug-likeness (QED) is 0.720. The minimum absolute atomic E-state index is 0.0732. The number of carboxylic acids is 1. The third-order valence-electron chi connectivity index (χ3n) is 3.33. The summed E-state index contributed by atoms with van der Waals surface area (Å²) in [6.45, 7) is 2.77. The van der Waals surface area contributed by atoms with E-state index in [0.717, 1.165) is 12.8 Å². The number of carbonyl (C=O) groups is 2. The van der Waals surface area contributed by atoms with Gasteiger partial charge in [0.2, 0.25) is 5.91 Å². The van der Waals surface area contributed by atoms with E-state index in [1.807, 2.05) is 6.92 Å². The summed E-state index contributed by atoms with van der Waals surface area (Å²) in [5.41, 5.74) is 0. The molecule has 5 nitrogen and oxygen atoms in total. The summed E-state index contributed by atoms with van der Waals surface area (Å²) in [4.78, 5) is 24.8. The summed E-state index contributed by atoms with van der Waals surface area (Å²) < 4.78 is 0. The van der Waals surface area contributed by atoms with E-state index in [0.29, 0.717) is 25.9 Å². The van der Waals surface area contributed by atoms with Crippen molar-refractivity contribution in [2.24, 2.45) is 11.8 Å². The van der Waals surface area contributed by atoms with Crippen molar-refractivity contribution in [2.45, 2.75) is 32.6 Å². The van der Waals surface area contributed by atoms with Crippen LogP contribution in [0.1, 0.15) is 32.6 Å². The monoisotopic (exact) mass is 243 g/mol. The topological polar surface area (TPSA) is 77.8 Å². The summed E-state index contributed by atoms with van der Waals surface area (Å²) in [6.07, 6.45) is 2.86. The first kappa shape index (κ1) is 14.0. The predicted molar refractivity (Wildman–Crippen MR) is 62.4 cm³/mol. The van der Waals surface area contributed by atoms with Crippen LogP contribution >= 0.6 is 0 Å². The number of aliphatic carboxylic acids is 1. The van der Waals surface area contributed by atoms with Crippen molar-refractivity contribution in [3.8, 4) is 0 Å². The minimum Gasteiger partial charge on any atom is -0.481 e. The van der Waals surface area contributed by atoms with E-state index in [1.54, 1.807) is 4.90 Å². The van der Waals surface area contributed by atoms with E-state index in [2.05, 4.69) is 0 Å². The average molecular weight is 243 g/mol. The Labute approximate surface area is 101 Å². The molecule has 1 aliphatic carbocycles. The number of carboxylic acid groups (broad SMARTS) is 1. The second-order valence-electron chi connectivity index (χ2n) is 4.53. The van der Waals surface area contributed by atoms with Gasteiger partial charge >= 0.3 is 5.97 Å². The van der Waals surface area contributed by atoms with Gasteiger partial charge in [0, 0.05) is 13.1 Å². The van der Waals surface area contributed by atoms with Gasteiger partial charge in [-0.2, -0.15) is 0 Å². The Kier molecular flexibility index (Phi) is 5.41. The molecule has 2 atom stereocenters. The van der Waals surface area contributed by atoms with Crippen molar-refractivity contribution < 1.29 is 19.8 Å². The van der Waals surface area contributed by atoms with E-state index in [1.165, 1.54) is 0 Å². The van der Waals surface area contributed by atoms with Gasteiger partial charge in [-0.25, -0.2) is 0 Å². The van der Waals surface area contributed by atoms with Crippen LogP contribution in [0.5, 0.6) is 0 Å². The van der Waals surface area contributed by atoms with Gasteiger partial charge in [0.05, 0.1) is 18.4 Å². The molecule has 1 amide bonds. The van der Waals surface area contributed by atoms with Crippen molar-refractivity contribution in [3.05, 3.63) is 0 Å². The Balaban J connectivity index is 2.68. The van der Waals surface area contributed by atoms with Crippen LogP contribution in [0, 0.1) is 11.8 Å². The van der Waals surface area contributed by atoms with Crippen molar-refractivity contribution in [1.29, 1.82) is 0 Å². The maximum Gasteiger partial charge on any atom is 0.307 e. The Morgan fingerprint density at radius 1 is 1.24 bits per heavy atom. The second-order valence-corrected chi connectivity index (χ2v) is 4.53. The molecule has 0 radical (unpaired) electrons. The van der Waals surface area contributed by atoms with Crippen LogP contribution in [0.3, 0.4) is 0 Å². The molecule has 98 valence electrons. The Morgan fingerprint density at radius 3 is 2.41 bits per heavy atom. The number of nitrogens with zero attached hydrogens (tertiary/aromatic N) is 1. The molecular weight excluding hydrogens is 222 g/mol. The summed E-state index contributed by atoms with van der Waals surface area (Å²) in [5.74, 6) is -1.92. The van der Waals surface area contributed by atoms with Gasteiger partial charge in [0.25, 0.3) is 0 Å². The lowest BCUT2D eigenvalue weighted by atomic mass is 9.94. The number of aliphatic hydroxyl groups excluding tert-OH is 1. The molecular formula is C12H21NO4. The molecule has 1 saturated carbocycles. The van der Waals surface area contributed by atoms with Crippen LogP contribution in [-0.4, -0.2) is 46.7 Å². The van der Waals surface area contributed by atoms with Gasteiger partial charge in [-0.3, -0.25) is 9.59 Å². The highest BCUT2D eigenvalue weighted by atomic mass is 16.4. The number of hydrogen-bond donors (Lipinski definition) is 2. The number of hydrogen-bond acceptors (Lipinski definition) is 3. The summed E-state index contributed by atoms with van der Waals surface area (Å²) in [6, 6.07) is 0. The lowest BCUT2D eigenvalue weighted by Gasteiger charge is -2.26. The molecule has 0 aromatic carbocycles. The van der Waals surface area contributed by atoms with Gasteiger partial charge in [0.15, 0.2) is 0 Å². The molecule has 0 aliphatic heterocycles. The molecule has 0 aromatic rings. The Hall–Kier alpha value is -1.10. The van der Waals surface area contributed by atoms with E-state index in [-0.39, 0.29) is 12.5 Å². The fourth-order valence-electron chi connectivity index (χ4n) is 2.51. The molecule has 1 rings (SSSR count). The molecule has 17 heavy (non-hydrogen) atoms. The Bertz CT molecular complexity index is 274. The van der Waals surface area contributed by atoms with E-state index < -0.39 is 17.8 Å². The zero-order valence-electron chi connectivity index (χ0n) is 10.3. The van der Waals surface area contributed by atoms with Crippen LogP contribution in [0.15, 0.2) is 0 Å². The normalized spacial score (nSPS) is 23.6. The van der Waals surface area contributed by atoms with Crippen LogP contribution in [0.4, 0.5) is 0 Å². The van der Waals surface area contributed by atoms with Gasteiger partial charge < -0.3 is 15.1 Å². The van der Waals surface area contributed by atoms with Crippen molar-refractivity contribution >= 4 is 11.9 Å². The molecule has 0 spiro atoms. The SMILES string of the molecule is CCCN(CCO)C(=O)C1CCCC1C(=O)O. The van der Waals surface area contributed by atoms with E-state index in [9.17, 15) is 9.59 Å². The molecule has 2 N–H and O–H groups in total. The number of carbonyl (C=O) groups excluding carboxylic acids is 1. The smallest absolute Gasteiger partial charge is 0.307 e. The van der Waals surface area contributed by atoms with Crippen molar-refractivity contribution in [2.75, 3.05) is 19.7 Å². The van der Waals surface area contributed by atoms with Crippen LogP contribution < -0.4 is 0 Å². The van der Waals surface area contributed by atoms with Crippen LogP contribution in [0.2, 0.25) is 0 Å². The second kappa shape index (κ2) is 6.59. The third-order valence-corrected chi connectivity index (χ3v) is 3.33. The predicted octanol–water partition coefficient (Wildman–Crippen LogP) is 0.718. The number of rotatable bonds is 6. The van der Waals surface area contributed by atoms with Crippen molar-refractivity contribution in [1.82, 2.24) is 4.90 Å². The summed E-state index contributed by atoms with van der Waals surface area (Å²) in [5, 5.41) is 18.0. The van der Waals surface area contributed by atoms with Gasteiger partial charge in [0.1, 0.15) is 0 Å². The number of aliphatic hydroxyl groups is 1. The van der Waals surface area contributed by atoms with E-state index >= 15 is 0 Å². The molecule has 0 heterocycles. The lowest BCUT2D eigenvalue weighted by Crippen LogP contribution is -2.41. The molecule has 0 bridgehead atoms. The lowest BCUT2D eigenvalue weighted by molar-refractivity contribution is -0.149. The zero-order valence-corrected chi connectivity index (χ0v) is 10.3. The van der Waals surface area contributed by atoms with Gasteiger partial charge in [-0.05, 0) is 19.3 Å². The highest BCUT2D eigenvalue weighted by Gasteiger charge is 2.39. The summed E-state index contributed by atoms with van der Waals surface area (Å²) in [7, 11) is 0. The molecule has 0 aromatic heterocycles. The Morgan fingerprint density at radius 2 is 1.88 bits per heavy atom. The maximum absolute atomic E-state index is 12.2. The van der Waals surface area contributed by atoms with Crippen molar-refractivity contribution in [3.63, 3.8) is 0 Å². The van der Waals surface area contributed by atoms with Crippen LogP contribution in [-0.2, 0) is 9.59 Å². The first-order valence-electron chi connectivity index (χ1n) is 6.24. The molecule has 1 fully saturated rings. The van der Waals surface area contributed by atoms with Crippen LogP contribution in [0.25, 0.3) is 0 Å². The van der Waals surface area contributed by atoms with Gasteiger partial charge in [-0.15, -0.1) is 0 Å². The first-order chi connectivity index (χ1) is 8.11. The number of amides is 1. The largest absolute Gasteiger partial charge is 0.481 e. The molecule has 0 saturated heterocycles. The highest BCUT2D eigenvalue weighted by molar-refractivity contribution is 5.85. The highest BCUT2D eigenvalue weighted by Crippen LogP contribution is 2.33. The van der Waals surface area contributed by atoms with Gasteiger partial charge in [-0.1, -0.05) is 13.3 Å². The summed E-state index contributed by atoms with van der Waals surface area (Å²) >= 11 is 0. The van der Waals surface area contributed by atoms with E-state index in [4.69, 9.17) is 10.2 Å². The zero-order chi connectivity index (χ0) is 12.8. The maximum atomic E-state index is 12.2. The standard InChI is InChI=1S/C12H21NO4/c1-2-6-13(7-8-14)11(15)9-4-3-5-10(9)12(16)17/h9-10,14H,2-8H2,1H3,(H,16,17). The fraction of sp³-hybridized carbons (Fsp3) is 0.833. The fourth-order valence-corrected chi connectivity index (χ4v) is 2.51. The molecule has 1 aliphatic rings. The first-order valence-corrected chi connectivity index (χ1v) is 6.24. The molecule has 2 unspecified atom stereocenters. The molecule has 5 heteroatoms. The average Bonchev–Trinajstić information content (AvgIpc) is 2.76. The third kappa shape index (κ3) is 3.43. The minimum atomic E-state index is -0.874.